The number of aromatic hydroxyl groups is 2. The molecule has 0 aromatic heterocycles. The molecule has 1 aliphatic rings. The third-order valence-electron chi connectivity index (χ3n) is 17.2. The smallest absolute Gasteiger partial charge is 0.229 e. The van der Waals surface area contributed by atoms with Crippen LogP contribution >= 0.6 is 0 Å². The quantitative estimate of drug-likeness (QED) is 0.0133. The lowest BCUT2D eigenvalue weighted by Gasteiger charge is -2.29. The molecule has 16 N–H and O–H groups in total. The normalized spacial score (nSPS) is 14.9. The summed E-state index contributed by atoms with van der Waals surface area (Å²) in [5, 5.41) is 38.5. The third-order valence-corrected chi connectivity index (χ3v) is 17.2. The highest BCUT2D eigenvalue weighted by atomic mass is 16.3. The van der Waals surface area contributed by atoms with E-state index in [9.17, 15) is 48.6 Å². The molecule has 3 amide bonds. The van der Waals surface area contributed by atoms with E-state index in [1.807, 2.05) is 95.5 Å². The number of hydrogen-bond donors (Lipinski definition) is 12. The number of fused-ring (bicyclic) bond motifs is 1. The molecule has 8 atom stereocenters. The van der Waals surface area contributed by atoms with Crippen LogP contribution in [-0.4, -0.2) is 140 Å². The summed E-state index contributed by atoms with van der Waals surface area (Å²) in [7, 11) is 3.72. The molecule has 522 valence electrons. The molecular weight excluding hydrogens is 1200 g/mol. The van der Waals surface area contributed by atoms with Crippen LogP contribution in [0.1, 0.15) is 162 Å². The molecule has 4 aromatic carbocycles. The van der Waals surface area contributed by atoms with Gasteiger partial charge in [-0.15, -0.1) is 0 Å². The van der Waals surface area contributed by atoms with Crippen LogP contribution in [0, 0.1) is 38.5 Å². The number of nitrogens with zero attached hydrogens (tertiary/aromatic N) is 2. The fraction of sp³-hybridized carbons (Fsp3) is 0.534. The van der Waals surface area contributed by atoms with Gasteiger partial charge in [-0.3, -0.25) is 48.3 Å². The minimum absolute atomic E-state index is 0. The Morgan fingerprint density at radius 3 is 1.56 bits per heavy atom. The molecule has 0 saturated carbocycles. The van der Waals surface area contributed by atoms with Crippen molar-refractivity contribution in [2.45, 2.75) is 188 Å². The highest BCUT2D eigenvalue weighted by Crippen LogP contribution is 2.32. The first kappa shape index (κ1) is 81.1. The van der Waals surface area contributed by atoms with Gasteiger partial charge in [-0.2, -0.15) is 0 Å². The zero-order valence-corrected chi connectivity index (χ0v) is 56.6. The van der Waals surface area contributed by atoms with Crippen molar-refractivity contribution in [3.63, 3.8) is 0 Å². The zero-order chi connectivity index (χ0) is 69.3. The number of carbonyl (C=O) groups is 8. The van der Waals surface area contributed by atoms with Crippen LogP contribution in [0.3, 0.4) is 0 Å². The van der Waals surface area contributed by atoms with Crippen molar-refractivity contribution in [2.75, 3.05) is 46.8 Å². The number of unbranched alkanes of at least 4 members (excludes halogenated alkanes) is 2. The molecule has 22 nitrogen and oxygen atoms in total. The maximum Gasteiger partial charge on any atom is 0.229 e. The summed E-state index contributed by atoms with van der Waals surface area (Å²) >= 11 is 0. The lowest BCUT2D eigenvalue weighted by atomic mass is 9.85. The summed E-state index contributed by atoms with van der Waals surface area (Å²) in [5.41, 5.74) is 29.6. The fourth-order valence-electron chi connectivity index (χ4n) is 11.9. The first-order valence-corrected chi connectivity index (χ1v) is 33.1. The Balaban J connectivity index is 0.000000490. The molecule has 0 bridgehead atoms. The molecule has 5 rings (SSSR count). The van der Waals surface area contributed by atoms with E-state index in [0.29, 0.717) is 76.8 Å². The van der Waals surface area contributed by atoms with E-state index in [1.54, 1.807) is 31.2 Å². The first-order valence-electron chi connectivity index (χ1n) is 33.1. The van der Waals surface area contributed by atoms with Gasteiger partial charge in [-0.25, -0.2) is 0 Å². The number of nitrogens with two attached hydrogens (primary N) is 4. The number of rotatable bonds is 41. The van der Waals surface area contributed by atoms with E-state index in [4.69, 9.17) is 22.9 Å². The number of aryl methyl sites for hydroxylation is 3. The number of ketones is 5. The van der Waals surface area contributed by atoms with Gasteiger partial charge in [-0.05, 0) is 221 Å². The number of guanidine groups is 1. The second-order valence-electron chi connectivity index (χ2n) is 25.1. The Labute approximate surface area is 563 Å². The SMILES string of the molecule is C.CNCCCCC(NC(=O)C(CC(=O)C(CCCN=C(N)N)NC(=O)C1CNCc2cc(O)cc(C)c21)Cc1ccccc1)C(C)=O.CNCCCCC(NC(=O)C(CC(=O)C(N)CCCN=C(C)N)Cc1c(C)cc(O)cc1C)C(=O)CC(Cc1ccccc1)C(C)=O. The van der Waals surface area contributed by atoms with E-state index in [1.165, 1.54) is 13.8 Å². The van der Waals surface area contributed by atoms with Gasteiger partial charge in [0.2, 0.25) is 17.7 Å². The van der Waals surface area contributed by atoms with Crippen molar-refractivity contribution < 1.29 is 48.6 Å². The van der Waals surface area contributed by atoms with Gasteiger partial charge in [-0.1, -0.05) is 68.1 Å². The average molecular weight is 1320 g/mol. The summed E-state index contributed by atoms with van der Waals surface area (Å²) in [6.45, 7) is 13.4. The summed E-state index contributed by atoms with van der Waals surface area (Å²) in [6, 6.07) is 22.4. The van der Waals surface area contributed by atoms with E-state index >= 15 is 0 Å². The monoisotopic (exact) mass is 1310 g/mol. The van der Waals surface area contributed by atoms with Crippen LogP contribution in [0.5, 0.6) is 11.5 Å². The van der Waals surface area contributed by atoms with E-state index in [0.717, 1.165) is 76.9 Å². The Morgan fingerprint density at radius 1 is 0.558 bits per heavy atom. The standard InChI is InChI=1S/C37H55N5O5.C35H51N7O5.CH4/c1-24-18-31(44)19-25(2)32(24)21-30(23-35(45)33(39)14-11-17-41-27(4)38)37(47)42-34(15-9-10-16-40-5)36(46)22-29(26(3)43)20-28-12-7-6-8-13-28;1-22-16-27(44)18-26-20-39-21-28(32(22)26)34(47)42-30(13-9-15-40-35(36)37)31(45)19-25(17-24-10-5-4-6-11-24)33(46)41-29(23(2)43)12-7-8-14-38-3;/h6-8,12-13,18-19,29-30,33-34,40,44H,9-11,14-17,20-23,39H2,1-5H3,(H2,38,41)(H,42,47);4-6,10-11,16,18,25,28-30,38-39,44H,7-9,12-15,17,19-21H2,1-3H3,(H,41,46)(H,42,47)(H4,36,37,40);1H4. The second-order valence-corrected chi connectivity index (χ2v) is 25.1. The van der Waals surface area contributed by atoms with E-state index in [2.05, 4.69) is 41.9 Å². The summed E-state index contributed by atoms with van der Waals surface area (Å²) in [5.74, 6) is -4.04. The van der Waals surface area contributed by atoms with Crippen LogP contribution in [-0.2, 0) is 64.2 Å². The van der Waals surface area contributed by atoms with Crippen molar-refractivity contribution in [3.05, 3.63) is 129 Å². The third kappa shape index (κ3) is 29.2. The van der Waals surface area contributed by atoms with Crippen LogP contribution in [0.2, 0.25) is 0 Å². The lowest BCUT2D eigenvalue weighted by molar-refractivity contribution is -0.133. The van der Waals surface area contributed by atoms with Gasteiger partial charge in [0.05, 0.1) is 35.9 Å². The Morgan fingerprint density at radius 2 is 1.02 bits per heavy atom. The molecule has 1 heterocycles. The molecule has 0 radical (unpaired) electrons. The molecule has 22 heteroatoms. The van der Waals surface area contributed by atoms with Crippen molar-refractivity contribution in [1.82, 2.24) is 31.9 Å². The van der Waals surface area contributed by atoms with Crippen molar-refractivity contribution in [2.24, 2.45) is 50.7 Å². The zero-order valence-electron chi connectivity index (χ0n) is 56.6. The number of phenols is 2. The number of aliphatic imine (C=N–C) groups is 2. The number of phenolic OH excluding ortho intramolecular Hbond substituents is 2. The number of Topliss-reactive ketones (excluding diaryl/α,β-unsaturated/α-hetero) is 5. The van der Waals surface area contributed by atoms with Crippen LogP contribution in [0.25, 0.3) is 0 Å². The van der Waals surface area contributed by atoms with Crippen LogP contribution < -0.4 is 54.8 Å². The number of carbonyl (C=O) groups excluding carboxylic acids is 8. The van der Waals surface area contributed by atoms with Gasteiger partial charge >= 0.3 is 0 Å². The van der Waals surface area contributed by atoms with Crippen molar-refractivity contribution in [1.29, 1.82) is 0 Å². The first-order chi connectivity index (χ1) is 44.8. The average Bonchev–Trinajstić information content (AvgIpc) is 0.796. The summed E-state index contributed by atoms with van der Waals surface area (Å²) in [4.78, 5) is 116. The minimum atomic E-state index is -0.893. The Kier molecular flexibility index (Phi) is 36.7. The maximum atomic E-state index is 14.0. The highest BCUT2D eigenvalue weighted by Gasteiger charge is 2.35. The Bertz CT molecular complexity index is 3150. The number of nitrogens with one attached hydrogen (secondary N) is 6. The number of amidine groups is 1. The maximum absolute atomic E-state index is 14.0. The van der Waals surface area contributed by atoms with E-state index in [-0.39, 0.29) is 104 Å². The summed E-state index contributed by atoms with van der Waals surface area (Å²) in [6.07, 6.45) is 6.48. The molecule has 4 aromatic rings. The van der Waals surface area contributed by atoms with Crippen LogP contribution in [0.15, 0.2) is 94.9 Å². The number of amides is 3. The fourth-order valence-corrected chi connectivity index (χ4v) is 11.9. The van der Waals surface area contributed by atoms with Crippen molar-refractivity contribution in [3.8, 4) is 11.5 Å². The van der Waals surface area contributed by atoms with E-state index < -0.39 is 53.7 Å². The van der Waals surface area contributed by atoms with Gasteiger partial charge in [0.15, 0.2) is 23.3 Å². The second kappa shape index (κ2) is 43.0. The predicted octanol–water partition coefficient (Wildman–Crippen LogP) is 6.24. The molecule has 0 fully saturated rings. The minimum Gasteiger partial charge on any atom is -0.508 e. The van der Waals surface area contributed by atoms with Crippen molar-refractivity contribution >= 4 is 58.4 Å². The van der Waals surface area contributed by atoms with Gasteiger partial charge < -0.3 is 65.0 Å². The largest absolute Gasteiger partial charge is 0.508 e. The van der Waals surface area contributed by atoms with Gasteiger partial charge in [0.25, 0.3) is 0 Å². The molecule has 0 saturated heterocycles. The highest BCUT2D eigenvalue weighted by molar-refractivity contribution is 5.96. The molecule has 1 aliphatic heterocycles. The molecule has 0 aliphatic carbocycles. The molecule has 0 spiro atoms. The summed E-state index contributed by atoms with van der Waals surface area (Å²) < 4.78 is 0. The van der Waals surface area contributed by atoms with Gasteiger partial charge in [0, 0.05) is 63.2 Å². The molecule has 95 heavy (non-hydrogen) atoms. The Hall–Kier alpha value is -8.18. The van der Waals surface area contributed by atoms with Gasteiger partial charge in [0.1, 0.15) is 23.1 Å². The topological polar surface area (TPSA) is 378 Å². The number of hydrogen-bond acceptors (Lipinski definition) is 16. The predicted molar refractivity (Wildman–Crippen MR) is 377 cm³/mol. The van der Waals surface area contributed by atoms with Crippen LogP contribution in [0.4, 0.5) is 0 Å². The molecule has 8 unspecified atom stereocenters. The lowest BCUT2D eigenvalue weighted by Crippen LogP contribution is -2.48. The molecular formula is C73H110N12O10. The number of benzene rings is 4.